The molecule has 3 aromatic rings. The van der Waals surface area contributed by atoms with Gasteiger partial charge < -0.3 is 10.2 Å². The fourth-order valence-corrected chi connectivity index (χ4v) is 3.23. The highest BCUT2D eigenvalue weighted by molar-refractivity contribution is 9.10. The number of carbonyl (C=O) groups excluding carboxylic acids is 1. The van der Waals surface area contributed by atoms with Crippen LogP contribution >= 0.6 is 27.3 Å². The molecule has 2 aromatic heterocycles. The second-order valence-corrected chi connectivity index (χ2v) is 7.33. The molecule has 0 aliphatic rings. The Morgan fingerprint density at radius 3 is 2.72 bits per heavy atom. The van der Waals surface area contributed by atoms with Crippen molar-refractivity contribution in [1.82, 2.24) is 9.97 Å². The largest absolute Gasteiger partial charge is 0.359 e. The molecule has 3 rings (SSSR count). The van der Waals surface area contributed by atoms with Crippen LogP contribution in [0, 0.1) is 0 Å². The third kappa shape index (κ3) is 4.64. The lowest BCUT2D eigenvalue weighted by molar-refractivity contribution is 0.102. The number of anilines is 2. The number of hydrogen-bond donors (Lipinski definition) is 1. The first-order chi connectivity index (χ1) is 12.1. The number of rotatable bonds is 6. The van der Waals surface area contributed by atoms with Crippen molar-refractivity contribution in [2.24, 2.45) is 0 Å². The van der Waals surface area contributed by atoms with E-state index in [1.54, 1.807) is 35.9 Å². The minimum Gasteiger partial charge on any atom is -0.359 e. The highest BCUT2D eigenvalue weighted by Crippen LogP contribution is 2.20. The predicted molar refractivity (Wildman–Crippen MR) is 105 cm³/mol. The molecule has 0 saturated heterocycles. The van der Waals surface area contributed by atoms with E-state index in [-0.39, 0.29) is 5.91 Å². The van der Waals surface area contributed by atoms with Crippen molar-refractivity contribution in [2.75, 3.05) is 23.8 Å². The van der Waals surface area contributed by atoms with Crippen molar-refractivity contribution >= 4 is 44.7 Å². The lowest BCUT2D eigenvalue weighted by Crippen LogP contribution is -2.25. The number of likely N-dealkylation sites (N-methyl/N-ethyl adjacent to an activating group) is 1. The fraction of sp³-hybridized carbons (Fsp3) is 0.167. The smallest absolute Gasteiger partial charge is 0.259 e. The van der Waals surface area contributed by atoms with Gasteiger partial charge in [-0.2, -0.15) is 0 Å². The van der Waals surface area contributed by atoms with Crippen molar-refractivity contribution in [3.63, 3.8) is 0 Å². The maximum Gasteiger partial charge on any atom is 0.259 e. The molecule has 0 radical (unpaired) electrons. The molecule has 0 fully saturated rings. The van der Waals surface area contributed by atoms with E-state index in [9.17, 15) is 4.79 Å². The summed E-state index contributed by atoms with van der Waals surface area (Å²) in [6.45, 7) is 0.739. The number of benzene rings is 1. The van der Waals surface area contributed by atoms with Crippen LogP contribution in [0.5, 0.6) is 0 Å². The molecule has 25 heavy (non-hydrogen) atoms. The summed E-state index contributed by atoms with van der Waals surface area (Å²) in [4.78, 5) is 23.3. The van der Waals surface area contributed by atoms with Gasteiger partial charge in [0.25, 0.3) is 5.91 Å². The molecule has 1 aromatic carbocycles. The quantitative estimate of drug-likeness (QED) is 0.652. The van der Waals surface area contributed by atoms with E-state index in [0.29, 0.717) is 11.4 Å². The second kappa shape index (κ2) is 8.22. The minimum atomic E-state index is -0.175. The summed E-state index contributed by atoms with van der Waals surface area (Å²) in [5, 5.41) is 5.95. The maximum absolute atomic E-state index is 12.7. The first-order valence-electron chi connectivity index (χ1n) is 7.75. The van der Waals surface area contributed by atoms with Crippen LogP contribution in [0.25, 0.3) is 0 Å². The number of amides is 1. The number of pyridine rings is 1. The Hall–Kier alpha value is -2.25. The van der Waals surface area contributed by atoms with E-state index < -0.39 is 0 Å². The topological polar surface area (TPSA) is 58.1 Å². The van der Waals surface area contributed by atoms with Crippen LogP contribution in [-0.4, -0.2) is 29.5 Å². The molecule has 0 aliphatic heterocycles. The highest BCUT2D eigenvalue weighted by Gasteiger charge is 2.16. The van der Waals surface area contributed by atoms with Crippen LogP contribution in [0.15, 0.2) is 58.6 Å². The molecular formula is C18H17BrN4OS. The Morgan fingerprint density at radius 1 is 1.20 bits per heavy atom. The number of nitrogens with one attached hydrogen (secondary N) is 1. The Labute approximate surface area is 158 Å². The summed E-state index contributed by atoms with van der Waals surface area (Å²) in [6.07, 6.45) is 4.32. The van der Waals surface area contributed by atoms with Crippen LogP contribution in [0.2, 0.25) is 0 Å². The molecule has 0 bridgehead atoms. The maximum atomic E-state index is 12.7. The first-order valence-corrected chi connectivity index (χ1v) is 9.42. The molecule has 0 spiro atoms. The molecule has 1 N–H and O–H groups in total. The number of nitrogens with zero attached hydrogens (tertiary/aromatic N) is 3. The number of hydrogen-bond acceptors (Lipinski definition) is 5. The summed E-state index contributed by atoms with van der Waals surface area (Å²) >= 11 is 5.02. The molecule has 7 heteroatoms. The van der Waals surface area contributed by atoms with Crippen LogP contribution in [-0.2, 0) is 6.42 Å². The third-order valence-corrected chi connectivity index (χ3v) is 5.01. The molecule has 5 nitrogen and oxygen atoms in total. The Kier molecular flexibility index (Phi) is 5.78. The molecule has 0 saturated carbocycles. The minimum absolute atomic E-state index is 0.175. The normalized spacial score (nSPS) is 10.5. The fourth-order valence-electron chi connectivity index (χ4n) is 2.36. The van der Waals surface area contributed by atoms with Crippen LogP contribution in [0.1, 0.15) is 15.4 Å². The monoisotopic (exact) mass is 416 g/mol. The van der Waals surface area contributed by atoms with E-state index in [2.05, 4.69) is 31.2 Å². The number of thiazole rings is 1. The number of halogens is 1. The van der Waals surface area contributed by atoms with Crippen molar-refractivity contribution < 1.29 is 4.79 Å². The summed E-state index contributed by atoms with van der Waals surface area (Å²) in [5.41, 5.74) is 1.29. The number of carbonyl (C=O) groups is 1. The van der Waals surface area contributed by atoms with Gasteiger partial charge in [-0.3, -0.25) is 4.79 Å². The Balaban J connectivity index is 1.72. The molecular weight excluding hydrogens is 400 g/mol. The standard InChI is InChI=1S/C18H17BrN4OS/c1-23(11-8-16-20-10-12-25-16)17-15(3-2-9-21-17)18(24)22-14-6-4-13(19)5-7-14/h2-7,9-10,12H,8,11H2,1H3,(H,22,24). The summed E-state index contributed by atoms with van der Waals surface area (Å²) < 4.78 is 0.967. The van der Waals surface area contributed by atoms with Gasteiger partial charge in [0, 0.05) is 47.9 Å². The van der Waals surface area contributed by atoms with Crippen LogP contribution in [0.3, 0.4) is 0 Å². The van der Waals surface area contributed by atoms with Crippen LogP contribution in [0.4, 0.5) is 11.5 Å². The first kappa shape index (κ1) is 17.6. The van der Waals surface area contributed by atoms with Gasteiger partial charge in [-0.25, -0.2) is 9.97 Å². The average Bonchev–Trinajstić information content (AvgIpc) is 3.15. The SMILES string of the molecule is CN(CCc1nccs1)c1ncccc1C(=O)Nc1ccc(Br)cc1. The third-order valence-electron chi connectivity index (χ3n) is 3.64. The van der Waals surface area contributed by atoms with Gasteiger partial charge in [-0.05, 0) is 36.4 Å². The zero-order chi connectivity index (χ0) is 17.6. The van der Waals surface area contributed by atoms with Gasteiger partial charge in [-0.15, -0.1) is 11.3 Å². The Bertz CT molecular complexity index is 837. The zero-order valence-corrected chi connectivity index (χ0v) is 16.0. The second-order valence-electron chi connectivity index (χ2n) is 5.43. The molecule has 2 heterocycles. The highest BCUT2D eigenvalue weighted by atomic mass is 79.9. The average molecular weight is 417 g/mol. The van der Waals surface area contributed by atoms with Crippen molar-refractivity contribution in [3.8, 4) is 0 Å². The van der Waals surface area contributed by atoms with Crippen molar-refractivity contribution in [2.45, 2.75) is 6.42 Å². The van der Waals surface area contributed by atoms with Crippen molar-refractivity contribution in [1.29, 1.82) is 0 Å². The lowest BCUT2D eigenvalue weighted by Gasteiger charge is -2.20. The van der Waals surface area contributed by atoms with E-state index in [1.165, 1.54) is 0 Å². The predicted octanol–water partition coefficient (Wildman–Crippen LogP) is 4.23. The van der Waals surface area contributed by atoms with E-state index in [4.69, 9.17) is 0 Å². The number of aromatic nitrogens is 2. The molecule has 1 amide bonds. The van der Waals surface area contributed by atoms with Crippen LogP contribution < -0.4 is 10.2 Å². The summed E-state index contributed by atoms with van der Waals surface area (Å²) in [7, 11) is 1.94. The molecule has 128 valence electrons. The molecule has 0 unspecified atom stereocenters. The lowest BCUT2D eigenvalue weighted by atomic mass is 10.2. The Morgan fingerprint density at radius 2 is 2.00 bits per heavy atom. The van der Waals surface area contributed by atoms with E-state index in [1.807, 2.05) is 41.6 Å². The molecule has 0 atom stereocenters. The zero-order valence-electron chi connectivity index (χ0n) is 13.6. The van der Waals surface area contributed by atoms with Crippen molar-refractivity contribution in [3.05, 3.63) is 69.2 Å². The van der Waals surface area contributed by atoms with Gasteiger partial charge in [0.05, 0.1) is 10.6 Å². The van der Waals surface area contributed by atoms with Gasteiger partial charge in [0.15, 0.2) is 0 Å². The van der Waals surface area contributed by atoms with Gasteiger partial charge in [0.1, 0.15) is 5.82 Å². The van der Waals surface area contributed by atoms with Gasteiger partial charge in [-0.1, -0.05) is 15.9 Å². The van der Waals surface area contributed by atoms with Gasteiger partial charge in [0.2, 0.25) is 0 Å². The van der Waals surface area contributed by atoms with E-state index >= 15 is 0 Å². The van der Waals surface area contributed by atoms with Gasteiger partial charge >= 0.3 is 0 Å². The van der Waals surface area contributed by atoms with E-state index in [0.717, 1.165) is 28.1 Å². The molecule has 0 aliphatic carbocycles. The summed E-state index contributed by atoms with van der Waals surface area (Å²) in [5.74, 6) is 0.486. The summed E-state index contributed by atoms with van der Waals surface area (Å²) in [6, 6.07) is 11.0.